The molecule has 0 aliphatic heterocycles. The Balaban J connectivity index is 3.46. The van der Waals surface area contributed by atoms with Gasteiger partial charge in [-0.05, 0) is 42.5 Å². The summed E-state index contributed by atoms with van der Waals surface area (Å²) in [5, 5.41) is 22.4. The molecule has 0 unspecified atom stereocenters. The molecule has 104 valence electrons. The van der Waals surface area contributed by atoms with Crippen LogP contribution in [0.25, 0.3) is 0 Å². The molecule has 0 radical (unpaired) electrons. The molecule has 2 amide bonds. The molecule has 0 aliphatic rings. The molecular formula is C13H18N2O4. The Morgan fingerprint density at radius 2 is 1.68 bits per heavy atom. The maximum atomic E-state index is 10.9. The third kappa shape index (κ3) is 3.37. The van der Waals surface area contributed by atoms with E-state index in [1.54, 1.807) is 6.07 Å². The third-order valence-electron chi connectivity index (χ3n) is 3.01. The van der Waals surface area contributed by atoms with Gasteiger partial charge in [0.15, 0.2) is 0 Å². The summed E-state index contributed by atoms with van der Waals surface area (Å²) in [6, 6.07) is 1.76. The SMILES string of the molecule is CCc1cc(NC(=O)O)c(CC)c(NC(=O)O)c1C. The number of anilines is 2. The van der Waals surface area contributed by atoms with E-state index in [9.17, 15) is 9.59 Å². The van der Waals surface area contributed by atoms with Gasteiger partial charge in [0.1, 0.15) is 0 Å². The predicted octanol–water partition coefficient (Wildman–Crippen LogP) is 3.30. The van der Waals surface area contributed by atoms with Gasteiger partial charge in [-0.2, -0.15) is 0 Å². The maximum absolute atomic E-state index is 10.9. The second kappa shape index (κ2) is 6.08. The summed E-state index contributed by atoms with van der Waals surface area (Å²) < 4.78 is 0. The van der Waals surface area contributed by atoms with Crippen LogP contribution in [0, 0.1) is 6.92 Å². The van der Waals surface area contributed by atoms with Gasteiger partial charge in [-0.15, -0.1) is 0 Å². The van der Waals surface area contributed by atoms with Gasteiger partial charge >= 0.3 is 12.2 Å². The van der Waals surface area contributed by atoms with E-state index >= 15 is 0 Å². The first kappa shape index (κ1) is 14.8. The molecule has 0 fully saturated rings. The molecule has 4 N–H and O–H groups in total. The molecule has 0 atom stereocenters. The normalized spacial score (nSPS) is 10.1. The summed E-state index contributed by atoms with van der Waals surface area (Å²) in [5.74, 6) is 0. The monoisotopic (exact) mass is 266 g/mol. The third-order valence-corrected chi connectivity index (χ3v) is 3.01. The van der Waals surface area contributed by atoms with Crippen LogP contribution in [0.5, 0.6) is 0 Å². The molecule has 1 aromatic rings. The molecule has 6 nitrogen and oxygen atoms in total. The van der Waals surface area contributed by atoms with E-state index in [0.717, 1.165) is 11.1 Å². The molecule has 0 aromatic heterocycles. The van der Waals surface area contributed by atoms with Crippen molar-refractivity contribution in [1.82, 2.24) is 0 Å². The number of carbonyl (C=O) groups is 2. The lowest BCUT2D eigenvalue weighted by atomic mass is 9.96. The minimum Gasteiger partial charge on any atom is -0.465 e. The van der Waals surface area contributed by atoms with E-state index in [4.69, 9.17) is 10.2 Å². The van der Waals surface area contributed by atoms with Gasteiger partial charge in [-0.3, -0.25) is 10.6 Å². The maximum Gasteiger partial charge on any atom is 0.409 e. The predicted molar refractivity (Wildman–Crippen MR) is 73.2 cm³/mol. The lowest BCUT2D eigenvalue weighted by Gasteiger charge is -2.18. The van der Waals surface area contributed by atoms with E-state index < -0.39 is 12.2 Å². The van der Waals surface area contributed by atoms with Gasteiger partial charge in [0, 0.05) is 5.69 Å². The first-order valence-electron chi connectivity index (χ1n) is 6.05. The minimum atomic E-state index is -1.16. The fourth-order valence-electron chi connectivity index (χ4n) is 2.13. The largest absolute Gasteiger partial charge is 0.465 e. The number of benzene rings is 1. The summed E-state index contributed by atoms with van der Waals surface area (Å²) in [6.45, 7) is 5.61. The van der Waals surface area contributed by atoms with Crippen molar-refractivity contribution in [2.24, 2.45) is 0 Å². The number of hydrogen-bond acceptors (Lipinski definition) is 2. The van der Waals surface area contributed by atoms with Crippen LogP contribution in [-0.4, -0.2) is 22.4 Å². The van der Waals surface area contributed by atoms with Crippen LogP contribution in [0.1, 0.15) is 30.5 Å². The molecule has 1 aromatic carbocycles. The topological polar surface area (TPSA) is 98.7 Å². The van der Waals surface area contributed by atoms with Gasteiger partial charge in [-0.1, -0.05) is 13.8 Å². The van der Waals surface area contributed by atoms with Gasteiger partial charge < -0.3 is 10.2 Å². The number of hydrogen-bond donors (Lipinski definition) is 4. The number of carboxylic acid groups (broad SMARTS) is 2. The molecule has 19 heavy (non-hydrogen) atoms. The van der Waals surface area contributed by atoms with Crippen LogP contribution in [0.2, 0.25) is 0 Å². The summed E-state index contributed by atoms with van der Waals surface area (Å²) in [7, 11) is 0. The first-order chi connectivity index (χ1) is 8.90. The van der Waals surface area contributed by atoms with Crippen molar-refractivity contribution in [1.29, 1.82) is 0 Å². The van der Waals surface area contributed by atoms with Crippen LogP contribution >= 0.6 is 0 Å². The molecule has 0 heterocycles. The number of amides is 2. The zero-order chi connectivity index (χ0) is 14.6. The number of rotatable bonds is 4. The standard InChI is InChI=1S/C13H18N2O4/c1-4-8-6-10(14-12(16)17)9(5-2)11(7(8)3)15-13(18)19/h6,14-15H,4-5H2,1-3H3,(H,16,17)(H,18,19). The molecule has 1 rings (SSSR count). The quantitative estimate of drug-likeness (QED) is 0.672. The highest BCUT2D eigenvalue weighted by Crippen LogP contribution is 2.32. The Hall–Kier alpha value is -2.24. The lowest BCUT2D eigenvalue weighted by Crippen LogP contribution is -2.15. The van der Waals surface area contributed by atoms with Crippen molar-refractivity contribution in [3.63, 3.8) is 0 Å². The highest BCUT2D eigenvalue weighted by molar-refractivity contribution is 5.91. The van der Waals surface area contributed by atoms with Crippen molar-refractivity contribution in [2.45, 2.75) is 33.6 Å². The Bertz CT molecular complexity index is 512. The molecule has 0 saturated carbocycles. The smallest absolute Gasteiger partial charge is 0.409 e. The van der Waals surface area contributed by atoms with Crippen LogP contribution in [-0.2, 0) is 12.8 Å². The van der Waals surface area contributed by atoms with E-state index in [2.05, 4.69) is 10.6 Å². The second-order valence-corrected chi connectivity index (χ2v) is 4.13. The van der Waals surface area contributed by atoms with E-state index in [0.29, 0.717) is 29.8 Å². The molecule has 0 bridgehead atoms. The van der Waals surface area contributed by atoms with Crippen molar-refractivity contribution in [3.8, 4) is 0 Å². The van der Waals surface area contributed by atoms with Crippen LogP contribution in [0.3, 0.4) is 0 Å². The average Bonchev–Trinajstić information content (AvgIpc) is 2.32. The van der Waals surface area contributed by atoms with E-state index in [1.165, 1.54) is 0 Å². The van der Waals surface area contributed by atoms with Crippen molar-refractivity contribution >= 4 is 23.6 Å². The summed E-state index contributed by atoms with van der Waals surface area (Å²) >= 11 is 0. The number of nitrogens with one attached hydrogen (secondary N) is 2. The molecular weight excluding hydrogens is 248 g/mol. The second-order valence-electron chi connectivity index (χ2n) is 4.13. The van der Waals surface area contributed by atoms with Crippen LogP contribution in [0.4, 0.5) is 21.0 Å². The Labute approximate surface area is 111 Å². The highest BCUT2D eigenvalue weighted by Gasteiger charge is 2.16. The van der Waals surface area contributed by atoms with Crippen molar-refractivity contribution in [2.75, 3.05) is 10.6 Å². The van der Waals surface area contributed by atoms with Gasteiger partial charge in [0.25, 0.3) is 0 Å². The minimum absolute atomic E-state index is 0.432. The zero-order valence-corrected chi connectivity index (χ0v) is 11.2. The van der Waals surface area contributed by atoms with E-state index in [-0.39, 0.29) is 0 Å². The Morgan fingerprint density at radius 3 is 2.11 bits per heavy atom. The average molecular weight is 266 g/mol. The van der Waals surface area contributed by atoms with Crippen molar-refractivity contribution in [3.05, 3.63) is 22.8 Å². The molecule has 0 aliphatic carbocycles. The van der Waals surface area contributed by atoms with Gasteiger partial charge in [0.05, 0.1) is 5.69 Å². The molecule has 0 spiro atoms. The zero-order valence-electron chi connectivity index (χ0n) is 11.2. The van der Waals surface area contributed by atoms with Crippen LogP contribution < -0.4 is 10.6 Å². The summed E-state index contributed by atoms with van der Waals surface area (Å²) in [5.41, 5.74) is 3.29. The van der Waals surface area contributed by atoms with Crippen LogP contribution in [0.15, 0.2) is 6.07 Å². The van der Waals surface area contributed by atoms with Crippen molar-refractivity contribution < 1.29 is 19.8 Å². The number of aryl methyl sites for hydroxylation is 1. The Morgan fingerprint density at radius 1 is 1.11 bits per heavy atom. The molecule has 6 heteroatoms. The highest BCUT2D eigenvalue weighted by atomic mass is 16.4. The van der Waals surface area contributed by atoms with E-state index in [1.807, 2.05) is 20.8 Å². The fraction of sp³-hybridized carbons (Fsp3) is 0.385. The Kier molecular flexibility index (Phi) is 4.74. The van der Waals surface area contributed by atoms with Gasteiger partial charge in [-0.25, -0.2) is 9.59 Å². The first-order valence-corrected chi connectivity index (χ1v) is 6.05. The lowest BCUT2D eigenvalue weighted by molar-refractivity contribution is 0.208. The van der Waals surface area contributed by atoms with Gasteiger partial charge in [0.2, 0.25) is 0 Å². The summed E-state index contributed by atoms with van der Waals surface area (Å²) in [6.07, 6.45) is -1.11. The fourth-order valence-corrected chi connectivity index (χ4v) is 2.13. The summed E-state index contributed by atoms with van der Waals surface area (Å²) in [4.78, 5) is 21.7. The molecule has 0 saturated heterocycles.